The van der Waals surface area contributed by atoms with Crippen molar-refractivity contribution < 1.29 is 0 Å². The summed E-state index contributed by atoms with van der Waals surface area (Å²) >= 11 is 0. The number of rotatable bonds is 10. The molecule has 0 N–H and O–H groups in total. The largest absolute Gasteiger partial charge is 0.311 e. The van der Waals surface area contributed by atoms with Crippen LogP contribution in [-0.2, 0) is 0 Å². The van der Waals surface area contributed by atoms with Crippen LogP contribution in [0.4, 0.5) is 34.1 Å². The lowest BCUT2D eigenvalue weighted by atomic mass is 9.91. The monoisotopic (exact) mass is 1010 g/mol. The van der Waals surface area contributed by atoms with Crippen LogP contribution in [-0.4, -0.2) is 4.57 Å². The molecule has 15 aromatic rings. The molecule has 14 aromatic carbocycles. The van der Waals surface area contributed by atoms with E-state index in [2.05, 4.69) is 324 Å². The quantitative estimate of drug-likeness (QED) is 0.127. The Kier molecular flexibility index (Phi) is 11.2. The summed E-state index contributed by atoms with van der Waals surface area (Å²) in [5.41, 5.74) is 17.3. The van der Waals surface area contributed by atoms with Crippen molar-refractivity contribution in [3.05, 3.63) is 309 Å². The van der Waals surface area contributed by atoms with Crippen LogP contribution in [0.15, 0.2) is 309 Å². The number of hydrogen-bond donors (Lipinski definition) is 0. The van der Waals surface area contributed by atoms with E-state index in [4.69, 9.17) is 0 Å². The van der Waals surface area contributed by atoms with E-state index >= 15 is 0 Å². The molecule has 0 bridgehead atoms. The van der Waals surface area contributed by atoms with Gasteiger partial charge in [-0.05, 0) is 180 Å². The van der Waals surface area contributed by atoms with Crippen molar-refractivity contribution in [2.75, 3.05) is 9.80 Å². The fraction of sp³-hybridized carbons (Fsp3) is 0. The first kappa shape index (κ1) is 45.9. The van der Waals surface area contributed by atoms with E-state index in [0.717, 1.165) is 50.9 Å². The minimum atomic E-state index is 1.08. The lowest BCUT2D eigenvalue weighted by molar-refractivity contribution is 1.18. The van der Waals surface area contributed by atoms with Crippen molar-refractivity contribution in [1.29, 1.82) is 0 Å². The zero-order valence-corrected chi connectivity index (χ0v) is 43.3. The summed E-state index contributed by atoms with van der Waals surface area (Å²) in [5.74, 6) is 0. The fourth-order valence-electron chi connectivity index (χ4n) is 12.3. The Labute approximate surface area is 459 Å². The molecular formula is C76H51N3. The number of para-hydroxylation sites is 4. The number of anilines is 6. The standard InChI is InChI=1S/C76H51N3/c1-4-18-56(19-5-1)77(57-20-6-2-7-21-57)59-39-32-52(33-40-59)53-34-41-60(42-35-53)78(62-45-46-71-69-28-13-12-26-67(69)68-27-14-15-29-70(68)73(71)51-62)61-43-36-54(37-44-61)63-47-48-64(66-25-11-10-24-65(63)66)55-38-49-76-74(50-55)72-30-16-17-31-75(72)79(76)58-22-8-3-9-23-58/h1-51H. The first-order valence-corrected chi connectivity index (χ1v) is 27.2. The maximum absolute atomic E-state index is 2.41. The first-order valence-electron chi connectivity index (χ1n) is 27.2. The third kappa shape index (κ3) is 7.99. The number of fused-ring (bicyclic) bond motifs is 10. The number of benzene rings is 14. The summed E-state index contributed by atoms with van der Waals surface area (Å²) in [6.07, 6.45) is 0. The van der Waals surface area contributed by atoms with Crippen LogP contribution in [0.3, 0.4) is 0 Å². The van der Waals surface area contributed by atoms with Gasteiger partial charge < -0.3 is 14.4 Å². The van der Waals surface area contributed by atoms with Crippen LogP contribution in [0.2, 0.25) is 0 Å². The van der Waals surface area contributed by atoms with Gasteiger partial charge in [0.2, 0.25) is 0 Å². The zero-order valence-electron chi connectivity index (χ0n) is 43.3. The van der Waals surface area contributed by atoms with E-state index < -0.39 is 0 Å². The van der Waals surface area contributed by atoms with E-state index in [-0.39, 0.29) is 0 Å². The lowest BCUT2D eigenvalue weighted by Gasteiger charge is -2.27. The van der Waals surface area contributed by atoms with Gasteiger partial charge in [-0.3, -0.25) is 0 Å². The first-order chi connectivity index (χ1) is 39.2. The van der Waals surface area contributed by atoms with Gasteiger partial charge in [0.25, 0.3) is 0 Å². The van der Waals surface area contributed by atoms with Gasteiger partial charge >= 0.3 is 0 Å². The molecule has 0 saturated heterocycles. The summed E-state index contributed by atoms with van der Waals surface area (Å²) in [7, 11) is 0. The van der Waals surface area contributed by atoms with Crippen LogP contribution in [0.1, 0.15) is 0 Å². The Bertz CT molecular complexity index is 4660. The Morgan fingerprint density at radius 3 is 1.08 bits per heavy atom. The van der Waals surface area contributed by atoms with Crippen molar-refractivity contribution in [3.63, 3.8) is 0 Å². The van der Waals surface area contributed by atoms with Crippen LogP contribution in [0.5, 0.6) is 0 Å². The van der Waals surface area contributed by atoms with E-state index in [0.29, 0.717) is 0 Å². The molecule has 0 atom stereocenters. The van der Waals surface area contributed by atoms with Gasteiger partial charge in [-0.15, -0.1) is 0 Å². The molecule has 0 amide bonds. The van der Waals surface area contributed by atoms with Crippen molar-refractivity contribution in [2.24, 2.45) is 0 Å². The molecule has 1 aromatic heterocycles. The van der Waals surface area contributed by atoms with E-state index in [1.807, 2.05) is 0 Å². The molecule has 370 valence electrons. The molecule has 3 heteroatoms. The van der Waals surface area contributed by atoms with E-state index in [9.17, 15) is 0 Å². The second kappa shape index (κ2) is 19.3. The maximum atomic E-state index is 2.41. The van der Waals surface area contributed by atoms with Gasteiger partial charge in [0, 0.05) is 50.6 Å². The third-order valence-corrected chi connectivity index (χ3v) is 16.0. The van der Waals surface area contributed by atoms with Crippen LogP contribution < -0.4 is 9.80 Å². The lowest BCUT2D eigenvalue weighted by Crippen LogP contribution is -2.10. The SMILES string of the molecule is c1ccc(N(c2ccccc2)c2ccc(-c3ccc(N(c4ccc(-c5ccc(-c6ccc7c(c6)c6ccccc6n7-c6ccccc6)c6ccccc56)cc4)c4ccc5c6ccccc6c6ccccc6c5c4)cc3)cc2)cc1. The molecule has 0 aliphatic heterocycles. The molecule has 0 unspecified atom stereocenters. The van der Waals surface area contributed by atoms with Crippen LogP contribution >= 0.6 is 0 Å². The Morgan fingerprint density at radius 1 is 0.190 bits per heavy atom. The van der Waals surface area contributed by atoms with Gasteiger partial charge in [0.1, 0.15) is 0 Å². The number of nitrogens with zero attached hydrogens (tertiary/aromatic N) is 3. The van der Waals surface area contributed by atoms with Crippen molar-refractivity contribution in [2.45, 2.75) is 0 Å². The molecule has 0 spiro atoms. The average Bonchev–Trinajstić information content (AvgIpc) is 4.05. The van der Waals surface area contributed by atoms with E-state index in [1.165, 1.54) is 87.1 Å². The van der Waals surface area contributed by atoms with Crippen molar-refractivity contribution >= 4 is 99.0 Å². The summed E-state index contributed by atoms with van der Waals surface area (Å²) in [5, 5.41) is 12.5. The molecular weight excluding hydrogens is 955 g/mol. The second-order valence-corrected chi connectivity index (χ2v) is 20.4. The predicted molar refractivity (Wildman–Crippen MR) is 336 cm³/mol. The normalized spacial score (nSPS) is 11.5. The number of aromatic nitrogens is 1. The van der Waals surface area contributed by atoms with Crippen LogP contribution in [0.25, 0.3) is 104 Å². The molecule has 0 radical (unpaired) electrons. The summed E-state index contributed by atoms with van der Waals surface area (Å²) < 4.78 is 2.38. The highest BCUT2D eigenvalue weighted by Crippen LogP contribution is 2.44. The smallest absolute Gasteiger partial charge is 0.0541 e. The zero-order chi connectivity index (χ0) is 52.2. The minimum absolute atomic E-state index is 1.08. The second-order valence-electron chi connectivity index (χ2n) is 20.4. The van der Waals surface area contributed by atoms with Gasteiger partial charge in [-0.2, -0.15) is 0 Å². The summed E-state index contributed by atoms with van der Waals surface area (Å²) in [4.78, 5) is 4.71. The topological polar surface area (TPSA) is 11.4 Å². The molecule has 79 heavy (non-hydrogen) atoms. The Balaban J connectivity index is 0.812. The summed E-state index contributed by atoms with van der Waals surface area (Å²) in [6.45, 7) is 0. The fourth-order valence-corrected chi connectivity index (χ4v) is 12.3. The molecule has 0 aliphatic rings. The molecule has 3 nitrogen and oxygen atoms in total. The highest BCUT2D eigenvalue weighted by atomic mass is 15.1. The van der Waals surface area contributed by atoms with Gasteiger partial charge in [0.05, 0.1) is 11.0 Å². The molecule has 15 rings (SSSR count). The van der Waals surface area contributed by atoms with Crippen molar-refractivity contribution in [3.8, 4) is 39.1 Å². The third-order valence-electron chi connectivity index (χ3n) is 16.0. The highest BCUT2D eigenvalue weighted by Gasteiger charge is 2.19. The minimum Gasteiger partial charge on any atom is -0.311 e. The van der Waals surface area contributed by atoms with Gasteiger partial charge in [0.15, 0.2) is 0 Å². The van der Waals surface area contributed by atoms with E-state index in [1.54, 1.807) is 0 Å². The predicted octanol–water partition coefficient (Wildman–Crippen LogP) is 21.3. The van der Waals surface area contributed by atoms with Gasteiger partial charge in [-0.25, -0.2) is 0 Å². The number of hydrogen-bond acceptors (Lipinski definition) is 2. The highest BCUT2D eigenvalue weighted by molar-refractivity contribution is 6.26. The van der Waals surface area contributed by atoms with Gasteiger partial charge in [-0.1, -0.05) is 206 Å². The molecule has 0 saturated carbocycles. The Hall–Kier alpha value is -10.5. The Morgan fingerprint density at radius 2 is 0.544 bits per heavy atom. The molecule has 0 aliphatic carbocycles. The van der Waals surface area contributed by atoms with Crippen LogP contribution in [0, 0.1) is 0 Å². The van der Waals surface area contributed by atoms with Crippen molar-refractivity contribution in [1.82, 2.24) is 4.57 Å². The average molecular weight is 1010 g/mol. The maximum Gasteiger partial charge on any atom is 0.0541 e. The summed E-state index contributed by atoms with van der Waals surface area (Å²) in [6, 6.07) is 113. The molecule has 0 fully saturated rings. The molecule has 1 heterocycles.